The number of nitrogens with zero attached hydrogens (tertiary/aromatic N) is 7. The van der Waals surface area contributed by atoms with E-state index in [9.17, 15) is 33.5 Å². The van der Waals surface area contributed by atoms with Crippen molar-refractivity contribution in [3.63, 3.8) is 0 Å². The maximum absolute atomic E-state index is 14.0. The first kappa shape index (κ1) is 66.2. The maximum Gasteiger partial charge on any atom is 0.248 e. The molecule has 8 rings (SSSR count). The Bertz CT molecular complexity index is 3140. The van der Waals surface area contributed by atoms with E-state index in [4.69, 9.17) is 35.3 Å². The standard InChI is InChI=1S/C62H81ClFN11O11S/c1-41-57(87-40-68-41)43-10-8-42(9-11-43)37-65-60(80)52-34-46(76)38-75(52)61(81)58(62(2,3)4)71-55(78)16-25-83-27-29-85-31-32-86-30-28-84-26-17-56(79)74-23-21-73(22-24-74)45-14-19-72(20-15-45)18-6-7-54(77)70-51-35-47-50(36-53(51)82-5)66-39-67-59(47)69-44-12-13-49(64)48(63)33-44/h6-13,33,35-36,39-40,45-46,52,58,76H,14-32,34,37-38H2,1-5H3,(H,65,80)(H,70,77)(H,71,78)(H,66,67,69)/b7-6+/t46-,52+,58-/m1/s1. The number of aromatic nitrogens is 3. The summed E-state index contributed by atoms with van der Waals surface area (Å²) in [6.45, 7) is 15.5. The zero-order valence-electron chi connectivity index (χ0n) is 50.2. The van der Waals surface area contributed by atoms with Crippen LogP contribution in [0.1, 0.15) is 64.1 Å². The molecule has 0 saturated carbocycles. The lowest BCUT2D eigenvalue weighted by molar-refractivity contribution is -0.144. The number of aryl methyl sites for hydroxylation is 1. The number of ether oxygens (including phenoxy) is 5. The molecule has 0 radical (unpaired) electrons. The van der Waals surface area contributed by atoms with Gasteiger partial charge in [-0.3, -0.25) is 33.8 Å². The first-order chi connectivity index (χ1) is 41.9. The van der Waals surface area contributed by atoms with Gasteiger partial charge in [-0.05, 0) is 73.7 Å². The molecule has 3 fully saturated rings. The molecule has 470 valence electrons. The molecule has 5 amide bonds. The number of hydrogen-bond donors (Lipinski definition) is 5. The topological polar surface area (TPSA) is 251 Å². The zero-order chi connectivity index (χ0) is 61.9. The SMILES string of the molecule is COc1cc2ncnc(Nc3ccc(F)c(Cl)c3)c2cc1NC(=O)/C=C/CN1CCC(N2CCN(C(=O)CCOCCOCCOCCOCCC(=O)N[C@H](C(=O)N3C[C@H](O)C[C@H]3C(=O)NCc3ccc(-c4scnc4C)cc3)C(C)(C)C)CC2)CC1. The molecule has 5 aromatic rings. The maximum atomic E-state index is 14.0. The Morgan fingerprint density at radius 1 is 0.851 bits per heavy atom. The lowest BCUT2D eigenvalue weighted by Crippen LogP contribution is -2.57. The number of hydrogen-bond acceptors (Lipinski definition) is 18. The van der Waals surface area contributed by atoms with E-state index in [1.165, 1.54) is 36.5 Å². The van der Waals surface area contributed by atoms with Gasteiger partial charge < -0.3 is 59.9 Å². The van der Waals surface area contributed by atoms with Crippen molar-refractivity contribution in [3.05, 3.63) is 101 Å². The van der Waals surface area contributed by atoms with E-state index in [-0.39, 0.29) is 67.8 Å². The van der Waals surface area contributed by atoms with E-state index < -0.39 is 35.3 Å². The summed E-state index contributed by atoms with van der Waals surface area (Å²) in [5.41, 5.74) is 5.58. The number of methoxy groups -OCH3 is 1. The van der Waals surface area contributed by atoms with Gasteiger partial charge in [0, 0.05) is 87.9 Å². The molecule has 3 saturated heterocycles. The molecular weight excluding hydrogens is 1160 g/mol. The fraction of sp³-hybridized carbons (Fsp3) is 0.516. The second kappa shape index (κ2) is 32.5. The van der Waals surface area contributed by atoms with Crippen LogP contribution in [0.2, 0.25) is 5.02 Å². The number of aliphatic hydroxyl groups is 1. The van der Waals surface area contributed by atoms with Crippen LogP contribution in [-0.2, 0) is 49.5 Å². The van der Waals surface area contributed by atoms with Crippen LogP contribution in [0.4, 0.5) is 21.6 Å². The van der Waals surface area contributed by atoms with Gasteiger partial charge in [0.25, 0.3) is 0 Å². The number of β-amino-alcohol motifs (C(OH)–C–C–N with tert-alkyl or cyclic N) is 1. The van der Waals surface area contributed by atoms with Crippen LogP contribution in [0.3, 0.4) is 0 Å². The number of amides is 5. The molecule has 87 heavy (non-hydrogen) atoms. The molecule has 22 nitrogen and oxygen atoms in total. The summed E-state index contributed by atoms with van der Waals surface area (Å²) in [6, 6.07) is 14.2. The third kappa shape index (κ3) is 19.4. The number of piperazine rings is 1. The molecule has 3 aliphatic heterocycles. The molecule has 0 bridgehead atoms. The minimum Gasteiger partial charge on any atom is -0.494 e. The Hall–Kier alpha value is -6.74. The highest BCUT2D eigenvalue weighted by Gasteiger charge is 2.44. The highest BCUT2D eigenvalue weighted by atomic mass is 35.5. The van der Waals surface area contributed by atoms with Crippen molar-refractivity contribution in [2.24, 2.45) is 5.41 Å². The fourth-order valence-electron chi connectivity index (χ4n) is 10.7. The Kier molecular flexibility index (Phi) is 24.7. The number of piperidine rings is 1. The van der Waals surface area contributed by atoms with Crippen LogP contribution in [0.5, 0.6) is 5.75 Å². The van der Waals surface area contributed by atoms with E-state index in [1.54, 1.807) is 29.5 Å². The monoisotopic (exact) mass is 1240 g/mol. The second-order valence-corrected chi connectivity index (χ2v) is 24.0. The van der Waals surface area contributed by atoms with E-state index in [1.807, 2.05) is 68.4 Å². The fourth-order valence-corrected chi connectivity index (χ4v) is 11.7. The molecule has 0 spiro atoms. The molecule has 0 unspecified atom stereocenters. The van der Waals surface area contributed by atoms with Crippen LogP contribution in [0, 0.1) is 18.2 Å². The number of nitrogens with one attached hydrogen (secondary N) is 4. The van der Waals surface area contributed by atoms with Gasteiger partial charge in [-0.1, -0.05) is 62.7 Å². The van der Waals surface area contributed by atoms with Crippen LogP contribution >= 0.6 is 22.9 Å². The summed E-state index contributed by atoms with van der Waals surface area (Å²) in [4.78, 5) is 88.8. The van der Waals surface area contributed by atoms with Crippen LogP contribution < -0.4 is 26.0 Å². The third-order valence-electron chi connectivity index (χ3n) is 15.5. The highest BCUT2D eigenvalue weighted by Crippen LogP contribution is 2.34. The number of anilines is 3. The zero-order valence-corrected chi connectivity index (χ0v) is 51.8. The quantitative estimate of drug-likeness (QED) is 0.0258. The van der Waals surface area contributed by atoms with E-state index in [2.05, 4.69) is 46.0 Å². The predicted octanol–water partition coefficient (Wildman–Crippen LogP) is 6.37. The molecule has 2 aromatic heterocycles. The van der Waals surface area contributed by atoms with Crippen molar-refractivity contribution in [2.75, 3.05) is 123 Å². The number of benzene rings is 3. The van der Waals surface area contributed by atoms with Gasteiger partial charge in [0.1, 0.15) is 35.8 Å². The molecule has 5 heterocycles. The number of carbonyl (C=O) groups excluding carboxylic acids is 5. The minimum atomic E-state index is -0.942. The number of rotatable bonds is 29. The van der Waals surface area contributed by atoms with Crippen molar-refractivity contribution in [1.82, 2.24) is 45.2 Å². The summed E-state index contributed by atoms with van der Waals surface area (Å²) in [7, 11) is 1.52. The van der Waals surface area contributed by atoms with Crippen molar-refractivity contribution in [1.29, 1.82) is 0 Å². The Morgan fingerprint density at radius 3 is 2.17 bits per heavy atom. The number of carbonyl (C=O) groups is 5. The summed E-state index contributed by atoms with van der Waals surface area (Å²) in [6.07, 6.45) is 6.33. The first-order valence-electron chi connectivity index (χ1n) is 29.6. The van der Waals surface area contributed by atoms with E-state index >= 15 is 0 Å². The minimum absolute atomic E-state index is 0.0135. The third-order valence-corrected chi connectivity index (χ3v) is 16.8. The average molecular weight is 1240 g/mol. The van der Waals surface area contributed by atoms with Gasteiger partial charge in [0.2, 0.25) is 29.5 Å². The Labute approximate surface area is 516 Å². The lowest BCUT2D eigenvalue weighted by Gasteiger charge is -2.42. The molecule has 25 heteroatoms. The number of aliphatic hydroxyl groups excluding tert-OH is 1. The summed E-state index contributed by atoms with van der Waals surface area (Å²) < 4.78 is 41.9. The molecule has 3 aromatic carbocycles. The summed E-state index contributed by atoms with van der Waals surface area (Å²) in [5.74, 6) is -1.06. The normalized spacial score (nSPS) is 17.4. The molecule has 3 aliphatic rings. The molecule has 0 aliphatic carbocycles. The van der Waals surface area contributed by atoms with Gasteiger partial charge >= 0.3 is 0 Å². The largest absolute Gasteiger partial charge is 0.494 e. The van der Waals surface area contributed by atoms with Gasteiger partial charge in [-0.15, -0.1) is 11.3 Å². The average Bonchev–Trinajstić information content (AvgIpc) is 2.41. The molecular formula is C62H81ClFN11O11S. The van der Waals surface area contributed by atoms with Gasteiger partial charge in [0.05, 0.1) is 105 Å². The van der Waals surface area contributed by atoms with Gasteiger partial charge in [0.15, 0.2) is 0 Å². The van der Waals surface area contributed by atoms with Gasteiger partial charge in [-0.25, -0.2) is 19.3 Å². The molecule has 3 atom stereocenters. The van der Waals surface area contributed by atoms with E-state index in [0.29, 0.717) is 106 Å². The number of halogens is 2. The summed E-state index contributed by atoms with van der Waals surface area (Å²) >= 11 is 7.55. The van der Waals surface area contributed by atoms with Crippen molar-refractivity contribution >= 4 is 80.6 Å². The highest BCUT2D eigenvalue weighted by molar-refractivity contribution is 7.13. The smallest absolute Gasteiger partial charge is 0.248 e. The van der Waals surface area contributed by atoms with Crippen molar-refractivity contribution in [2.45, 2.75) is 90.6 Å². The van der Waals surface area contributed by atoms with Gasteiger partial charge in [-0.2, -0.15) is 0 Å². The summed E-state index contributed by atoms with van der Waals surface area (Å²) in [5, 5.41) is 23.0. The Morgan fingerprint density at radius 2 is 1.53 bits per heavy atom. The number of fused-ring (bicyclic) bond motifs is 1. The van der Waals surface area contributed by atoms with Crippen LogP contribution in [-0.4, -0.2) is 206 Å². The number of likely N-dealkylation sites (tertiary alicyclic amines) is 2. The molecule has 5 N–H and O–H groups in total. The lowest BCUT2D eigenvalue weighted by atomic mass is 9.85. The first-order valence-corrected chi connectivity index (χ1v) is 30.8. The van der Waals surface area contributed by atoms with Crippen molar-refractivity contribution < 1.29 is 57.2 Å². The van der Waals surface area contributed by atoms with Crippen LogP contribution in [0.15, 0.2) is 78.6 Å². The second-order valence-electron chi connectivity index (χ2n) is 22.8. The van der Waals surface area contributed by atoms with Crippen molar-refractivity contribution in [3.8, 4) is 16.2 Å². The van der Waals surface area contributed by atoms with E-state index in [0.717, 1.165) is 60.7 Å². The van der Waals surface area contributed by atoms with Crippen LogP contribution in [0.25, 0.3) is 21.3 Å². The predicted molar refractivity (Wildman–Crippen MR) is 330 cm³/mol. The Balaban J connectivity index is 0.620. The number of thiazole rings is 1.